The number of hydrogen-bond donors (Lipinski definition) is 1. The second kappa shape index (κ2) is 13.2. The fourth-order valence-electron chi connectivity index (χ4n) is 4.83. The van der Waals surface area contributed by atoms with Crippen molar-refractivity contribution < 1.29 is 19.4 Å². The molecule has 37 heavy (non-hydrogen) atoms. The normalized spacial score (nSPS) is 16.0. The van der Waals surface area contributed by atoms with Crippen LogP contribution in [0.5, 0.6) is 5.75 Å². The number of nitrogens with zero attached hydrogens (tertiary/aromatic N) is 2. The highest BCUT2D eigenvalue weighted by atomic mass is 32.1. The molecule has 3 aromatic rings. The van der Waals surface area contributed by atoms with Crippen molar-refractivity contribution >= 4 is 17.2 Å². The minimum Gasteiger partial charge on any atom is -0.491 e. The van der Waals surface area contributed by atoms with Gasteiger partial charge in [0.1, 0.15) is 12.4 Å². The van der Waals surface area contributed by atoms with Crippen molar-refractivity contribution in [3.8, 4) is 5.75 Å². The van der Waals surface area contributed by atoms with Gasteiger partial charge < -0.3 is 19.5 Å². The van der Waals surface area contributed by atoms with Gasteiger partial charge in [0.2, 0.25) is 5.91 Å². The molecule has 0 fully saturated rings. The van der Waals surface area contributed by atoms with Gasteiger partial charge in [0.15, 0.2) is 0 Å². The quantitative estimate of drug-likeness (QED) is 0.371. The van der Waals surface area contributed by atoms with Crippen LogP contribution >= 0.6 is 11.3 Å². The number of hydrogen-bond acceptors (Lipinski definition) is 6. The predicted octanol–water partition coefficient (Wildman–Crippen LogP) is 4.77. The Morgan fingerprint density at radius 3 is 2.76 bits per heavy atom. The van der Waals surface area contributed by atoms with Crippen molar-refractivity contribution in [1.82, 2.24) is 9.80 Å². The molecule has 4 rings (SSSR count). The lowest BCUT2D eigenvalue weighted by atomic mass is 10.00. The van der Waals surface area contributed by atoms with Crippen LogP contribution in [-0.2, 0) is 22.6 Å². The van der Waals surface area contributed by atoms with E-state index in [0.717, 1.165) is 23.3 Å². The van der Waals surface area contributed by atoms with Crippen LogP contribution in [0, 0.1) is 13.8 Å². The molecule has 2 heterocycles. The molecule has 1 aromatic heterocycles. The Labute approximate surface area is 224 Å². The smallest absolute Gasteiger partial charge is 0.237 e. The maximum absolute atomic E-state index is 13.5. The molecular formula is C30H38N2O4S. The number of thiophene rings is 1. The zero-order valence-corrected chi connectivity index (χ0v) is 22.9. The van der Waals surface area contributed by atoms with E-state index in [2.05, 4.69) is 37.4 Å². The summed E-state index contributed by atoms with van der Waals surface area (Å²) in [6.45, 7) is 9.23. The Bertz CT molecular complexity index is 1150. The van der Waals surface area contributed by atoms with Gasteiger partial charge in [0.05, 0.1) is 31.9 Å². The zero-order valence-electron chi connectivity index (χ0n) is 22.1. The number of carbonyl (C=O) groups excluding carboxylic acids is 1. The molecule has 2 atom stereocenters. The molecule has 198 valence electrons. The highest BCUT2D eigenvalue weighted by Gasteiger charge is 2.33. The Morgan fingerprint density at radius 1 is 1.19 bits per heavy atom. The summed E-state index contributed by atoms with van der Waals surface area (Å²) in [7, 11) is 0. The molecular weight excluding hydrogens is 484 g/mol. The van der Waals surface area contributed by atoms with Gasteiger partial charge in [-0.05, 0) is 61.0 Å². The molecule has 1 amide bonds. The fourth-order valence-corrected chi connectivity index (χ4v) is 5.76. The molecule has 0 saturated carbocycles. The van der Waals surface area contributed by atoms with E-state index in [-0.39, 0.29) is 25.1 Å². The van der Waals surface area contributed by atoms with Crippen LogP contribution in [0.2, 0.25) is 0 Å². The van der Waals surface area contributed by atoms with Gasteiger partial charge in [-0.15, -0.1) is 11.3 Å². The van der Waals surface area contributed by atoms with Crippen LogP contribution in [0.4, 0.5) is 0 Å². The molecule has 7 heteroatoms. The zero-order chi connectivity index (χ0) is 26.2. The van der Waals surface area contributed by atoms with E-state index in [0.29, 0.717) is 32.8 Å². The number of likely N-dealkylation sites (N-methyl/N-ethyl adjacent to an activating group) is 1. The van der Waals surface area contributed by atoms with Crippen molar-refractivity contribution in [2.75, 3.05) is 39.4 Å². The monoisotopic (exact) mass is 522 g/mol. The molecule has 2 aromatic carbocycles. The first-order chi connectivity index (χ1) is 17.9. The average Bonchev–Trinajstić information content (AvgIpc) is 3.37. The highest BCUT2D eigenvalue weighted by molar-refractivity contribution is 7.10. The summed E-state index contributed by atoms with van der Waals surface area (Å²) in [4.78, 5) is 18.8. The molecule has 0 unspecified atom stereocenters. The first-order valence-corrected chi connectivity index (χ1v) is 13.9. The molecule has 1 N–H and O–H groups in total. The summed E-state index contributed by atoms with van der Waals surface area (Å²) in [6.07, 6.45) is 0.200. The number of carbonyl (C=O) groups is 1. The Hall–Kier alpha value is -2.71. The van der Waals surface area contributed by atoms with Gasteiger partial charge in [-0.3, -0.25) is 9.69 Å². The van der Waals surface area contributed by atoms with Crippen LogP contribution in [0.15, 0.2) is 60.0 Å². The number of rotatable bonds is 12. The lowest BCUT2D eigenvalue weighted by Crippen LogP contribution is -2.48. The lowest BCUT2D eigenvalue weighted by Gasteiger charge is -2.37. The third-order valence-corrected chi connectivity index (χ3v) is 7.84. The molecule has 0 bridgehead atoms. The summed E-state index contributed by atoms with van der Waals surface area (Å²) in [5.74, 6) is 0.916. The van der Waals surface area contributed by atoms with Gasteiger partial charge in [-0.2, -0.15) is 0 Å². The summed E-state index contributed by atoms with van der Waals surface area (Å²) in [5.41, 5.74) is 4.56. The number of aryl methyl sites for hydroxylation is 2. The van der Waals surface area contributed by atoms with E-state index in [1.165, 1.54) is 16.0 Å². The minimum atomic E-state index is -0.662. The largest absolute Gasteiger partial charge is 0.491 e. The number of benzene rings is 2. The van der Waals surface area contributed by atoms with E-state index >= 15 is 0 Å². The lowest BCUT2D eigenvalue weighted by molar-refractivity contribution is -0.136. The van der Waals surface area contributed by atoms with E-state index in [4.69, 9.17) is 9.47 Å². The van der Waals surface area contributed by atoms with Crippen LogP contribution < -0.4 is 4.74 Å². The van der Waals surface area contributed by atoms with E-state index < -0.39 is 6.10 Å². The Balaban J connectivity index is 1.35. The van der Waals surface area contributed by atoms with E-state index in [9.17, 15) is 9.90 Å². The van der Waals surface area contributed by atoms with E-state index in [1.54, 1.807) is 11.3 Å². The van der Waals surface area contributed by atoms with Crippen molar-refractivity contribution in [2.45, 2.75) is 45.9 Å². The SMILES string of the molecule is CCN(CC(=O)N1CCc2sccc2[C@@H]1COc1ccc(C)cc1C)C[C@H](O)COCc1ccccc1. The molecule has 1 aliphatic rings. The molecule has 6 nitrogen and oxygen atoms in total. The molecule has 0 saturated heterocycles. The van der Waals surface area contributed by atoms with Gasteiger partial charge in [0, 0.05) is 18.0 Å². The maximum Gasteiger partial charge on any atom is 0.237 e. The number of fused-ring (bicyclic) bond motifs is 1. The Morgan fingerprint density at radius 2 is 2.00 bits per heavy atom. The summed E-state index contributed by atoms with van der Waals surface area (Å²) >= 11 is 1.75. The van der Waals surface area contributed by atoms with Crippen molar-refractivity contribution in [2.24, 2.45) is 0 Å². The number of ether oxygens (including phenoxy) is 2. The standard InChI is InChI=1S/C30H38N2O4S/c1-4-31(17-25(33)20-35-19-24-8-6-5-7-9-24)18-30(34)32-14-12-29-26(13-15-37-29)27(32)21-36-28-11-10-22(2)16-23(28)3/h5-11,13,15-16,25,27,33H,4,12,14,17-21H2,1-3H3/t25-,27-/m0/s1. The topological polar surface area (TPSA) is 62.2 Å². The van der Waals surface area contributed by atoms with Crippen LogP contribution in [0.1, 0.15) is 40.1 Å². The number of aliphatic hydroxyl groups is 1. The Kier molecular flexibility index (Phi) is 9.75. The van der Waals surface area contributed by atoms with Crippen LogP contribution in [-0.4, -0.2) is 66.3 Å². The predicted molar refractivity (Wildman–Crippen MR) is 148 cm³/mol. The van der Waals surface area contributed by atoms with Crippen molar-refractivity contribution in [3.05, 3.63) is 87.1 Å². The third kappa shape index (κ3) is 7.42. The van der Waals surface area contributed by atoms with E-state index in [1.807, 2.05) is 53.1 Å². The van der Waals surface area contributed by atoms with Crippen LogP contribution in [0.3, 0.4) is 0 Å². The van der Waals surface area contributed by atoms with Gasteiger partial charge in [-0.25, -0.2) is 0 Å². The molecule has 0 spiro atoms. The van der Waals surface area contributed by atoms with Crippen LogP contribution in [0.25, 0.3) is 0 Å². The number of aliphatic hydroxyl groups excluding tert-OH is 1. The van der Waals surface area contributed by atoms with Crippen molar-refractivity contribution in [1.29, 1.82) is 0 Å². The van der Waals surface area contributed by atoms with Crippen molar-refractivity contribution in [3.63, 3.8) is 0 Å². The summed E-state index contributed by atoms with van der Waals surface area (Å²) < 4.78 is 12.0. The van der Waals surface area contributed by atoms with Gasteiger partial charge in [0.25, 0.3) is 0 Å². The summed E-state index contributed by atoms with van der Waals surface area (Å²) in [6, 6.07) is 18.1. The summed E-state index contributed by atoms with van der Waals surface area (Å²) in [5, 5.41) is 12.7. The second-order valence-electron chi connectivity index (χ2n) is 9.71. The maximum atomic E-state index is 13.5. The average molecular weight is 523 g/mol. The minimum absolute atomic E-state index is 0.0605. The molecule has 0 radical (unpaired) electrons. The van der Waals surface area contributed by atoms with Gasteiger partial charge >= 0.3 is 0 Å². The molecule has 0 aliphatic carbocycles. The first-order valence-electron chi connectivity index (χ1n) is 13.0. The third-order valence-electron chi connectivity index (χ3n) is 6.84. The fraction of sp³-hybridized carbons (Fsp3) is 0.433. The second-order valence-corrected chi connectivity index (χ2v) is 10.7. The number of amides is 1. The highest BCUT2D eigenvalue weighted by Crippen LogP contribution is 2.34. The van der Waals surface area contributed by atoms with Gasteiger partial charge in [-0.1, -0.05) is 55.0 Å². The molecule has 1 aliphatic heterocycles. The first kappa shape index (κ1) is 27.3.